The maximum absolute atomic E-state index is 12.5. The highest BCUT2D eigenvalue weighted by Crippen LogP contribution is 2.26. The molecule has 0 saturated heterocycles. The number of rotatable bonds is 10. The summed E-state index contributed by atoms with van der Waals surface area (Å²) in [6.07, 6.45) is -4.16. The lowest BCUT2D eigenvalue weighted by molar-refractivity contribution is -0.168. The van der Waals surface area contributed by atoms with Crippen LogP contribution in [0.5, 0.6) is 0 Å². The van der Waals surface area contributed by atoms with Gasteiger partial charge in [-0.05, 0) is 6.42 Å². The van der Waals surface area contributed by atoms with Gasteiger partial charge in [0, 0.05) is 20.3 Å². The molecule has 0 fully saturated rings. The second-order valence-electron chi connectivity index (χ2n) is 3.65. The van der Waals surface area contributed by atoms with Crippen LogP contribution in [-0.4, -0.2) is 57.4 Å². The molecule has 0 spiro atoms. The predicted octanol–water partition coefficient (Wildman–Crippen LogP) is 0.981. The Morgan fingerprint density at radius 2 is 1.84 bits per heavy atom. The fourth-order valence-electron chi connectivity index (χ4n) is 1.13. The Bertz CT molecular complexity index is 262. The SMILES string of the molecule is COCCOCCCOCC(C(N)=NO)C(F)(F)F. The zero-order chi connectivity index (χ0) is 14.7. The molecule has 0 aromatic rings. The Balaban J connectivity index is 3.77. The summed E-state index contributed by atoms with van der Waals surface area (Å²) in [6.45, 7) is 0.658. The van der Waals surface area contributed by atoms with Crippen LogP contribution in [0.1, 0.15) is 6.42 Å². The molecule has 1 unspecified atom stereocenters. The second kappa shape index (κ2) is 9.82. The third-order valence-electron chi connectivity index (χ3n) is 2.16. The van der Waals surface area contributed by atoms with E-state index in [-0.39, 0.29) is 6.61 Å². The summed E-state index contributed by atoms with van der Waals surface area (Å²) in [5, 5.41) is 10.6. The molecule has 0 aliphatic carbocycles. The van der Waals surface area contributed by atoms with Crippen molar-refractivity contribution < 1.29 is 32.6 Å². The number of amidine groups is 1. The first kappa shape index (κ1) is 17.9. The average Bonchev–Trinajstić information content (AvgIpc) is 2.34. The van der Waals surface area contributed by atoms with Crippen molar-refractivity contribution in [1.82, 2.24) is 0 Å². The van der Waals surface area contributed by atoms with E-state index in [0.717, 1.165) is 0 Å². The van der Waals surface area contributed by atoms with Crippen LogP contribution in [0, 0.1) is 5.92 Å². The van der Waals surface area contributed by atoms with E-state index in [9.17, 15) is 13.2 Å². The molecule has 0 heterocycles. The van der Waals surface area contributed by atoms with Gasteiger partial charge >= 0.3 is 6.18 Å². The van der Waals surface area contributed by atoms with Crippen molar-refractivity contribution in [2.75, 3.05) is 40.1 Å². The molecule has 0 aromatic carbocycles. The molecular weight excluding hydrogens is 269 g/mol. The average molecular weight is 288 g/mol. The lowest BCUT2D eigenvalue weighted by atomic mass is 10.1. The van der Waals surface area contributed by atoms with Gasteiger partial charge in [-0.15, -0.1) is 0 Å². The zero-order valence-electron chi connectivity index (χ0n) is 10.7. The number of ether oxygens (including phenoxy) is 3. The molecule has 19 heavy (non-hydrogen) atoms. The van der Waals surface area contributed by atoms with Gasteiger partial charge in [-0.1, -0.05) is 5.16 Å². The van der Waals surface area contributed by atoms with E-state index in [4.69, 9.17) is 25.2 Å². The maximum Gasteiger partial charge on any atom is 0.401 e. The fourth-order valence-corrected chi connectivity index (χ4v) is 1.13. The third-order valence-corrected chi connectivity index (χ3v) is 2.16. The zero-order valence-corrected chi connectivity index (χ0v) is 10.7. The smallest absolute Gasteiger partial charge is 0.401 e. The van der Waals surface area contributed by atoms with Crippen LogP contribution < -0.4 is 5.73 Å². The van der Waals surface area contributed by atoms with Crippen molar-refractivity contribution >= 4 is 5.84 Å². The van der Waals surface area contributed by atoms with E-state index < -0.39 is 24.5 Å². The van der Waals surface area contributed by atoms with Crippen molar-refractivity contribution in [3.8, 4) is 0 Å². The number of halogens is 3. The minimum absolute atomic E-state index is 0.0955. The Labute approximate surface area is 109 Å². The second-order valence-corrected chi connectivity index (χ2v) is 3.65. The molecule has 0 amide bonds. The number of alkyl halides is 3. The highest BCUT2D eigenvalue weighted by molar-refractivity contribution is 5.83. The largest absolute Gasteiger partial charge is 0.409 e. The molecule has 3 N–H and O–H groups in total. The molecule has 0 rings (SSSR count). The van der Waals surface area contributed by atoms with Crippen LogP contribution in [0.3, 0.4) is 0 Å². The van der Waals surface area contributed by atoms with E-state index in [1.807, 2.05) is 0 Å². The maximum atomic E-state index is 12.5. The number of methoxy groups -OCH3 is 1. The quantitative estimate of drug-likeness (QED) is 0.206. The first-order chi connectivity index (χ1) is 8.93. The standard InChI is InChI=1S/C10H19F3N2O4/c1-17-5-6-18-3-2-4-19-7-8(9(14)15-16)10(11,12)13/h8,16H,2-7H2,1H3,(H2,14,15). The van der Waals surface area contributed by atoms with Gasteiger partial charge in [0.2, 0.25) is 0 Å². The highest BCUT2D eigenvalue weighted by atomic mass is 19.4. The van der Waals surface area contributed by atoms with Crippen LogP contribution in [-0.2, 0) is 14.2 Å². The normalized spacial score (nSPS) is 14.6. The Morgan fingerprint density at radius 1 is 1.21 bits per heavy atom. The van der Waals surface area contributed by atoms with Crippen LogP contribution in [0.4, 0.5) is 13.2 Å². The van der Waals surface area contributed by atoms with Crippen molar-refractivity contribution in [2.24, 2.45) is 16.8 Å². The summed E-state index contributed by atoms with van der Waals surface area (Å²) in [4.78, 5) is 0. The molecule has 0 aliphatic heterocycles. The van der Waals surface area contributed by atoms with Gasteiger partial charge < -0.3 is 25.2 Å². The van der Waals surface area contributed by atoms with Crippen molar-refractivity contribution in [3.05, 3.63) is 0 Å². The van der Waals surface area contributed by atoms with Gasteiger partial charge in [-0.25, -0.2) is 0 Å². The first-order valence-corrected chi connectivity index (χ1v) is 5.62. The fraction of sp³-hybridized carbons (Fsp3) is 0.900. The summed E-state index contributed by atoms with van der Waals surface area (Å²) in [5.74, 6) is -3.02. The topological polar surface area (TPSA) is 86.3 Å². The van der Waals surface area contributed by atoms with Crippen LogP contribution >= 0.6 is 0 Å². The summed E-state index contributed by atoms with van der Waals surface area (Å²) in [6, 6.07) is 0. The highest BCUT2D eigenvalue weighted by Gasteiger charge is 2.43. The summed E-state index contributed by atoms with van der Waals surface area (Å²) in [7, 11) is 1.54. The third kappa shape index (κ3) is 8.62. The molecule has 114 valence electrons. The predicted molar refractivity (Wildman–Crippen MR) is 61.1 cm³/mol. The molecule has 9 heteroatoms. The Kier molecular flexibility index (Phi) is 9.27. The molecule has 0 aromatic heterocycles. The van der Waals surface area contributed by atoms with Gasteiger partial charge in [0.1, 0.15) is 5.92 Å². The molecule has 0 aliphatic rings. The van der Waals surface area contributed by atoms with Crippen molar-refractivity contribution in [1.29, 1.82) is 0 Å². The van der Waals surface area contributed by atoms with Gasteiger partial charge in [-0.2, -0.15) is 13.2 Å². The van der Waals surface area contributed by atoms with Crippen LogP contribution in [0.2, 0.25) is 0 Å². The molecule has 0 saturated carbocycles. The molecule has 6 nitrogen and oxygen atoms in total. The minimum Gasteiger partial charge on any atom is -0.409 e. The van der Waals surface area contributed by atoms with Gasteiger partial charge in [0.15, 0.2) is 5.84 Å². The van der Waals surface area contributed by atoms with E-state index in [0.29, 0.717) is 26.2 Å². The number of nitrogens with two attached hydrogens (primary N) is 1. The van der Waals surface area contributed by atoms with Crippen LogP contribution in [0.25, 0.3) is 0 Å². The van der Waals surface area contributed by atoms with Gasteiger partial charge in [0.05, 0.1) is 19.8 Å². The summed E-state index contributed by atoms with van der Waals surface area (Å²) < 4.78 is 52.1. The molecule has 0 radical (unpaired) electrons. The molecule has 0 bridgehead atoms. The van der Waals surface area contributed by atoms with Crippen LogP contribution in [0.15, 0.2) is 5.16 Å². The molecular formula is C10H19F3N2O4. The van der Waals surface area contributed by atoms with E-state index >= 15 is 0 Å². The Hall–Kier alpha value is -1.06. The number of hydrogen-bond acceptors (Lipinski definition) is 5. The summed E-state index contributed by atoms with van der Waals surface area (Å²) >= 11 is 0. The first-order valence-electron chi connectivity index (χ1n) is 5.62. The number of hydrogen-bond donors (Lipinski definition) is 2. The van der Waals surface area contributed by atoms with Crippen molar-refractivity contribution in [3.63, 3.8) is 0 Å². The van der Waals surface area contributed by atoms with Crippen molar-refractivity contribution in [2.45, 2.75) is 12.6 Å². The van der Waals surface area contributed by atoms with E-state index in [2.05, 4.69) is 5.16 Å². The lowest BCUT2D eigenvalue weighted by Gasteiger charge is -2.18. The monoisotopic (exact) mass is 288 g/mol. The minimum atomic E-state index is -4.61. The van der Waals surface area contributed by atoms with E-state index in [1.165, 1.54) is 7.11 Å². The Morgan fingerprint density at radius 3 is 2.37 bits per heavy atom. The number of oxime groups is 1. The van der Waals surface area contributed by atoms with E-state index in [1.54, 1.807) is 0 Å². The lowest BCUT2D eigenvalue weighted by Crippen LogP contribution is -2.39. The number of nitrogens with zero attached hydrogens (tertiary/aromatic N) is 1. The van der Waals surface area contributed by atoms with Gasteiger partial charge in [-0.3, -0.25) is 0 Å². The molecule has 1 atom stereocenters. The van der Waals surface area contributed by atoms with Gasteiger partial charge in [0.25, 0.3) is 0 Å². The summed E-state index contributed by atoms with van der Waals surface area (Å²) in [5.41, 5.74) is 4.96.